The van der Waals surface area contributed by atoms with Gasteiger partial charge >= 0.3 is 0 Å². The van der Waals surface area contributed by atoms with Crippen molar-refractivity contribution in [1.29, 1.82) is 0 Å². The molecule has 0 unspecified atom stereocenters. The largest absolute Gasteiger partial charge is 0.342 e. The number of hydrogen-bond acceptors (Lipinski definition) is 3. The van der Waals surface area contributed by atoms with Gasteiger partial charge in [-0.2, -0.15) is 11.8 Å². The molecular formula is C29H43ClN2OS. The van der Waals surface area contributed by atoms with Gasteiger partial charge < -0.3 is 10.2 Å². The molecule has 3 nitrogen and oxygen atoms in total. The Hall–Kier alpha value is -1.23. The normalized spacial score (nSPS) is 17.6. The molecule has 0 bridgehead atoms. The van der Waals surface area contributed by atoms with Crippen LogP contribution in [-0.2, 0) is 11.2 Å². The van der Waals surface area contributed by atoms with Gasteiger partial charge in [0.2, 0.25) is 5.91 Å². The van der Waals surface area contributed by atoms with Gasteiger partial charge in [-0.3, -0.25) is 4.79 Å². The summed E-state index contributed by atoms with van der Waals surface area (Å²) in [6.07, 6.45) is 12.8. The van der Waals surface area contributed by atoms with Crippen molar-refractivity contribution in [3.05, 3.63) is 48.0 Å². The molecule has 0 atom stereocenters. The summed E-state index contributed by atoms with van der Waals surface area (Å²) in [5.74, 6) is 4.73. The van der Waals surface area contributed by atoms with Gasteiger partial charge in [-0.15, -0.1) is 12.4 Å². The van der Waals surface area contributed by atoms with Crippen molar-refractivity contribution >= 4 is 40.8 Å². The second-order valence-corrected chi connectivity index (χ2v) is 11.3. The summed E-state index contributed by atoms with van der Waals surface area (Å²) in [6.45, 7) is 4.08. The lowest BCUT2D eigenvalue weighted by Crippen LogP contribution is -2.41. The summed E-state index contributed by atoms with van der Waals surface area (Å²) in [7, 11) is 0. The molecule has 2 aromatic carbocycles. The number of amides is 1. The second-order valence-electron chi connectivity index (χ2n) is 10.1. The molecule has 5 heteroatoms. The third-order valence-corrected chi connectivity index (χ3v) is 8.88. The number of piperidine rings is 1. The van der Waals surface area contributed by atoms with Crippen LogP contribution in [0.15, 0.2) is 42.5 Å². The molecule has 2 aromatic rings. The van der Waals surface area contributed by atoms with Gasteiger partial charge in [0.05, 0.1) is 6.42 Å². The van der Waals surface area contributed by atoms with Crippen LogP contribution in [0, 0.1) is 11.8 Å². The molecule has 2 aliphatic rings. The number of nitrogens with zero attached hydrogens (tertiary/aromatic N) is 1. The van der Waals surface area contributed by atoms with Gasteiger partial charge in [-0.05, 0) is 91.3 Å². The highest BCUT2D eigenvalue weighted by Gasteiger charge is 2.23. The zero-order valence-electron chi connectivity index (χ0n) is 20.7. The Labute approximate surface area is 217 Å². The average molecular weight is 503 g/mol. The molecule has 34 heavy (non-hydrogen) atoms. The minimum absolute atomic E-state index is 0. The molecule has 188 valence electrons. The quantitative estimate of drug-likeness (QED) is 0.346. The molecule has 0 aromatic heterocycles. The number of likely N-dealkylation sites (tertiary alicyclic amines) is 1. The lowest BCUT2D eigenvalue weighted by molar-refractivity contribution is -0.131. The molecule has 1 aliphatic heterocycles. The summed E-state index contributed by atoms with van der Waals surface area (Å²) in [5, 5.41) is 6.11. The van der Waals surface area contributed by atoms with Crippen molar-refractivity contribution in [2.24, 2.45) is 11.8 Å². The maximum absolute atomic E-state index is 12.9. The van der Waals surface area contributed by atoms with Gasteiger partial charge in [-0.25, -0.2) is 0 Å². The van der Waals surface area contributed by atoms with Crippen molar-refractivity contribution in [2.45, 2.75) is 64.2 Å². The van der Waals surface area contributed by atoms with Crippen LogP contribution in [0.2, 0.25) is 0 Å². The van der Waals surface area contributed by atoms with Gasteiger partial charge in [0.1, 0.15) is 0 Å². The van der Waals surface area contributed by atoms with Crippen LogP contribution in [0.5, 0.6) is 0 Å². The van der Waals surface area contributed by atoms with E-state index in [0.29, 0.717) is 12.3 Å². The molecule has 1 saturated heterocycles. The average Bonchev–Trinajstić information content (AvgIpc) is 2.87. The zero-order chi connectivity index (χ0) is 22.7. The van der Waals surface area contributed by atoms with Gasteiger partial charge in [0, 0.05) is 13.1 Å². The number of unbranched alkanes of at least 4 members (excludes halogenated alkanes) is 1. The van der Waals surface area contributed by atoms with Crippen molar-refractivity contribution in [3.8, 4) is 0 Å². The molecular weight excluding hydrogens is 460 g/mol. The Bertz CT molecular complexity index is 857. The number of rotatable bonds is 11. The standard InChI is InChI=1S/C29H42N2OS.ClH/c32-29(21-27-13-8-12-26-11-4-5-14-28(26)27)31-18-15-24(16-19-31)22-30-17-6-7-20-33-23-25-9-2-1-3-10-25;/h4-5,8,11-14,24-25,30H,1-3,6-7,9-10,15-23H2;1H. The van der Waals surface area contributed by atoms with Crippen LogP contribution in [0.4, 0.5) is 0 Å². The molecule has 1 aliphatic carbocycles. The van der Waals surface area contributed by atoms with Crippen LogP contribution in [-0.4, -0.2) is 48.5 Å². The minimum Gasteiger partial charge on any atom is -0.342 e. The minimum atomic E-state index is 0. The molecule has 1 amide bonds. The maximum Gasteiger partial charge on any atom is 0.227 e. The lowest BCUT2D eigenvalue weighted by atomic mass is 9.91. The number of benzene rings is 2. The van der Waals surface area contributed by atoms with E-state index in [-0.39, 0.29) is 18.3 Å². The molecule has 0 spiro atoms. The van der Waals surface area contributed by atoms with Crippen LogP contribution in [0.3, 0.4) is 0 Å². The first-order valence-electron chi connectivity index (χ1n) is 13.3. The smallest absolute Gasteiger partial charge is 0.227 e. The Morgan fingerprint density at radius 1 is 0.912 bits per heavy atom. The van der Waals surface area contributed by atoms with Crippen molar-refractivity contribution in [2.75, 3.05) is 37.7 Å². The van der Waals surface area contributed by atoms with E-state index < -0.39 is 0 Å². The van der Waals surface area contributed by atoms with E-state index in [2.05, 4.69) is 64.4 Å². The van der Waals surface area contributed by atoms with Crippen molar-refractivity contribution in [1.82, 2.24) is 10.2 Å². The van der Waals surface area contributed by atoms with Gasteiger partial charge in [0.15, 0.2) is 0 Å². The fraction of sp³-hybridized carbons (Fsp3) is 0.621. The lowest BCUT2D eigenvalue weighted by Gasteiger charge is -2.32. The predicted octanol–water partition coefficient (Wildman–Crippen LogP) is 6.73. The van der Waals surface area contributed by atoms with E-state index in [9.17, 15) is 4.79 Å². The summed E-state index contributed by atoms with van der Waals surface area (Å²) in [6, 6.07) is 14.7. The number of halogens is 1. The van der Waals surface area contributed by atoms with Gasteiger partial charge in [0.25, 0.3) is 0 Å². The maximum atomic E-state index is 12.9. The third kappa shape index (κ3) is 8.46. The summed E-state index contributed by atoms with van der Waals surface area (Å²) >= 11 is 2.18. The summed E-state index contributed by atoms with van der Waals surface area (Å²) in [5.41, 5.74) is 1.15. The third-order valence-electron chi connectivity index (χ3n) is 7.59. The Morgan fingerprint density at radius 2 is 1.68 bits per heavy atom. The highest BCUT2D eigenvalue weighted by Crippen LogP contribution is 2.27. The van der Waals surface area contributed by atoms with E-state index >= 15 is 0 Å². The number of hydrogen-bond donors (Lipinski definition) is 1. The van der Waals surface area contributed by atoms with E-state index in [4.69, 9.17) is 0 Å². The molecule has 1 heterocycles. The molecule has 1 N–H and O–H groups in total. The number of nitrogens with one attached hydrogen (secondary N) is 1. The topological polar surface area (TPSA) is 32.3 Å². The Balaban J connectivity index is 0.00000324. The second kappa shape index (κ2) is 15.0. The zero-order valence-corrected chi connectivity index (χ0v) is 22.3. The van der Waals surface area contributed by atoms with Gasteiger partial charge in [-0.1, -0.05) is 61.7 Å². The van der Waals surface area contributed by atoms with E-state index in [1.54, 1.807) is 0 Å². The van der Waals surface area contributed by atoms with Crippen LogP contribution in [0.25, 0.3) is 10.8 Å². The first-order valence-corrected chi connectivity index (χ1v) is 14.5. The number of thioether (sulfide) groups is 1. The molecule has 2 fully saturated rings. The fourth-order valence-electron chi connectivity index (χ4n) is 5.47. The number of fused-ring (bicyclic) bond motifs is 1. The molecule has 0 radical (unpaired) electrons. The van der Waals surface area contributed by atoms with Crippen LogP contribution < -0.4 is 5.32 Å². The fourth-order valence-corrected chi connectivity index (χ4v) is 6.71. The first kappa shape index (κ1) is 27.4. The Morgan fingerprint density at radius 3 is 2.50 bits per heavy atom. The van der Waals surface area contributed by atoms with Crippen molar-refractivity contribution in [3.63, 3.8) is 0 Å². The predicted molar refractivity (Wildman–Crippen MR) is 150 cm³/mol. The van der Waals surface area contributed by atoms with E-state index in [1.165, 1.54) is 67.2 Å². The highest BCUT2D eigenvalue weighted by molar-refractivity contribution is 7.99. The summed E-state index contributed by atoms with van der Waals surface area (Å²) in [4.78, 5) is 15.0. The first-order chi connectivity index (χ1) is 16.3. The monoisotopic (exact) mass is 502 g/mol. The number of carbonyl (C=O) groups excluding carboxylic acids is 1. The number of carbonyl (C=O) groups is 1. The van der Waals surface area contributed by atoms with E-state index in [1.807, 2.05) is 0 Å². The van der Waals surface area contributed by atoms with Crippen LogP contribution >= 0.6 is 24.2 Å². The Kier molecular flexibility index (Phi) is 12.1. The summed E-state index contributed by atoms with van der Waals surface area (Å²) < 4.78 is 0. The molecule has 1 saturated carbocycles. The SMILES string of the molecule is Cl.O=C(Cc1cccc2ccccc12)N1CCC(CNCCCCSCC2CCCCC2)CC1. The van der Waals surface area contributed by atoms with Crippen LogP contribution in [0.1, 0.15) is 63.4 Å². The van der Waals surface area contributed by atoms with Crippen molar-refractivity contribution < 1.29 is 4.79 Å². The molecule has 4 rings (SSSR count). The highest BCUT2D eigenvalue weighted by atomic mass is 35.5. The van der Waals surface area contributed by atoms with E-state index in [0.717, 1.165) is 50.5 Å².